The minimum atomic E-state index is -2.18. The van der Waals surface area contributed by atoms with Crippen LogP contribution in [0.3, 0.4) is 0 Å². The molecule has 2 atom stereocenters. The number of esters is 1. The van der Waals surface area contributed by atoms with Crippen molar-refractivity contribution in [1.29, 1.82) is 0 Å². The lowest BCUT2D eigenvalue weighted by molar-refractivity contribution is -0.141. The van der Waals surface area contributed by atoms with Gasteiger partial charge in [-0.05, 0) is 30.6 Å². The molecule has 0 heterocycles. The smallest absolute Gasteiger partial charge is 0.331 e. The average molecular weight is 319 g/mol. The van der Waals surface area contributed by atoms with Gasteiger partial charge in [-0.2, -0.15) is 0 Å². The van der Waals surface area contributed by atoms with Crippen LogP contribution in [-0.2, 0) is 19.5 Å². The molecule has 0 aliphatic heterocycles. The zero-order valence-electron chi connectivity index (χ0n) is 11.3. The van der Waals surface area contributed by atoms with Gasteiger partial charge in [-0.15, -0.1) is 0 Å². The molecule has 0 aliphatic rings. The Morgan fingerprint density at radius 1 is 1.40 bits per heavy atom. The number of carbonyl (C=O) groups excluding carboxylic acids is 2. The lowest BCUT2D eigenvalue weighted by Gasteiger charge is -2.14. The van der Waals surface area contributed by atoms with E-state index in [4.69, 9.17) is 20.2 Å². The predicted molar refractivity (Wildman–Crippen MR) is 76.5 cm³/mol. The number of Topliss-reactive ketones (excluding diaryl/α,β-unsaturated/α-hetero) is 1. The molecule has 0 amide bonds. The maximum atomic E-state index is 12.4. The van der Waals surface area contributed by atoms with Crippen molar-refractivity contribution in [1.82, 2.24) is 0 Å². The van der Waals surface area contributed by atoms with Gasteiger partial charge in [0, 0.05) is 11.1 Å². The van der Waals surface area contributed by atoms with Crippen molar-refractivity contribution >= 4 is 32.4 Å². The first-order valence-corrected chi connectivity index (χ1v) is 7.89. The SMILES string of the molecule is CCOC(=O)C(C(=O)c1cccc(OC)c1C)S(=O)Cl. The fourth-order valence-electron chi connectivity index (χ4n) is 1.73. The van der Waals surface area contributed by atoms with E-state index in [1.807, 2.05) is 0 Å². The van der Waals surface area contributed by atoms with Crippen LogP contribution in [0.15, 0.2) is 18.2 Å². The fourth-order valence-corrected chi connectivity index (χ4v) is 2.70. The number of methoxy groups -OCH3 is 1. The maximum absolute atomic E-state index is 12.4. The van der Waals surface area contributed by atoms with E-state index in [-0.39, 0.29) is 12.2 Å². The van der Waals surface area contributed by atoms with E-state index < -0.39 is 27.0 Å². The van der Waals surface area contributed by atoms with E-state index in [0.29, 0.717) is 11.3 Å². The highest BCUT2D eigenvalue weighted by Crippen LogP contribution is 2.23. The van der Waals surface area contributed by atoms with E-state index in [1.165, 1.54) is 13.2 Å². The lowest BCUT2D eigenvalue weighted by Crippen LogP contribution is -2.34. The second-order valence-electron chi connectivity index (χ2n) is 3.88. The van der Waals surface area contributed by atoms with Gasteiger partial charge in [0.15, 0.2) is 5.78 Å². The summed E-state index contributed by atoms with van der Waals surface area (Å²) in [4.78, 5) is 24.1. The molecular formula is C13H15ClO5S. The molecular weight excluding hydrogens is 304 g/mol. The normalized spacial score (nSPS) is 13.4. The van der Waals surface area contributed by atoms with Gasteiger partial charge in [-0.25, -0.2) is 4.21 Å². The molecule has 0 bridgehead atoms. The van der Waals surface area contributed by atoms with Crippen LogP contribution in [-0.4, -0.2) is 34.9 Å². The van der Waals surface area contributed by atoms with E-state index in [0.717, 1.165) is 0 Å². The predicted octanol–water partition coefficient (Wildman–Crippen LogP) is 2.02. The van der Waals surface area contributed by atoms with Crippen molar-refractivity contribution in [2.45, 2.75) is 19.1 Å². The zero-order chi connectivity index (χ0) is 15.3. The Bertz CT molecular complexity index is 544. The number of hydrogen-bond donors (Lipinski definition) is 0. The molecule has 0 N–H and O–H groups in total. The monoisotopic (exact) mass is 318 g/mol. The van der Waals surface area contributed by atoms with Gasteiger partial charge in [0.25, 0.3) is 0 Å². The van der Waals surface area contributed by atoms with Crippen LogP contribution in [0.2, 0.25) is 0 Å². The fraction of sp³-hybridized carbons (Fsp3) is 0.385. The Balaban J connectivity index is 3.20. The van der Waals surface area contributed by atoms with Crippen molar-refractivity contribution in [2.24, 2.45) is 0 Å². The van der Waals surface area contributed by atoms with Gasteiger partial charge in [0.2, 0.25) is 5.25 Å². The van der Waals surface area contributed by atoms with Gasteiger partial charge in [0.05, 0.1) is 13.7 Å². The molecule has 7 heteroatoms. The Hall–Kier alpha value is -1.40. The molecule has 0 radical (unpaired) electrons. The van der Waals surface area contributed by atoms with Crippen molar-refractivity contribution < 1.29 is 23.3 Å². The number of halogens is 1. The first kappa shape index (κ1) is 16.7. The molecule has 110 valence electrons. The molecule has 1 rings (SSSR count). The van der Waals surface area contributed by atoms with E-state index >= 15 is 0 Å². The summed E-state index contributed by atoms with van der Waals surface area (Å²) in [5.74, 6) is -1.04. The van der Waals surface area contributed by atoms with Gasteiger partial charge >= 0.3 is 5.97 Å². The Labute approximate surface area is 124 Å². The second kappa shape index (κ2) is 7.40. The highest BCUT2D eigenvalue weighted by Gasteiger charge is 2.35. The standard InChI is InChI=1S/C13H15ClO5S/c1-4-19-13(16)12(20(14)17)11(15)9-6-5-7-10(18-3)8(9)2/h5-7,12H,4H2,1-3H3. The van der Waals surface area contributed by atoms with Crippen molar-refractivity contribution in [3.63, 3.8) is 0 Å². The second-order valence-corrected chi connectivity index (χ2v) is 5.76. The van der Waals surface area contributed by atoms with Crippen LogP contribution in [0.4, 0.5) is 0 Å². The van der Waals surface area contributed by atoms with E-state index in [2.05, 4.69) is 0 Å². The molecule has 0 aliphatic carbocycles. The molecule has 0 fully saturated rings. The summed E-state index contributed by atoms with van der Waals surface area (Å²) >= 11 is 0. The Morgan fingerprint density at radius 2 is 2.05 bits per heavy atom. The quantitative estimate of drug-likeness (QED) is 0.347. The third kappa shape index (κ3) is 3.58. The third-order valence-electron chi connectivity index (χ3n) is 2.69. The van der Waals surface area contributed by atoms with Crippen LogP contribution in [0.25, 0.3) is 0 Å². The van der Waals surface area contributed by atoms with Gasteiger partial charge < -0.3 is 9.47 Å². The highest BCUT2D eigenvalue weighted by molar-refractivity contribution is 8.10. The number of hydrogen-bond acceptors (Lipinski definition) is 5. The summed E-state index contributed by atoms with van der Waals surface area (Å²) in [6.07, 6.45) is 0. The number of carbonyl (C=O) groups is 2. The molecule has 0 saturated heterocycles. The molecule has 20 heavy (non-hydrogen) atoms. The number of ether oxygens (including phenoxy) is 2. The Morgan fingerprint density at radius 3 is 2.55 bits per heavy atom. The first-order valence-electron chi connectivity index (χ1n) is 5.85. The molecule has 0 saturated carbocycles. The highest BCUT2D eigenvalue weighted by atomic mass is 35.7. The van der Waals surface area contributed by atoms with Crippen LogP contribution < -0.4 is 4.74 Å². The maximum Gasteiger partial charge on any atom is 0.331 e. The van der Waals surface area contributed by atoms with Gasteiger partial charge in [-0.1, -0.05) is 12.1 Å². The van der Waals surface area contributed by atoms with Crippen molar-refractivity contribution in [2.75, 3.05) is 13.7 Å². The lowest BCUT2D eigenvalue weighted by atomic mass is 10.0. The number of benzene rings is 1. The summed E-state index contributed by atoms with van der Waals surface area (Å²) < 4.78 is 21.3. The topological polar surface area (TPSA) is 69.7 Å². The number of rotatable bonds is 6. The third-order valence-corrected chi connectivity index (χ3v) is 4.01. The largest absolute Gasteiger partial charge is 0.496 e. The van der Waals surface area contributed by atoms with Crippen LogP contribution in [0.1, 0.15) is 22.8 Å². The minimum absolute atomic E-state index is 0.0772. The minimum Gasteiger partial charge on any atom is -0.496 e. The van der Waals surface area contributed by atoms with Crippen LogP contribution >= 0.6 is 10.7 Å². The molecule has 1 aromatic rings. The van der Waals surface area contributed by atoms with Gasteiger partial charge in [-0.3, -0.25) is 9.59 Å². The van der Waals surface area contributed by atoms with E-state index in [1.54, 1.807) is 26.0 Å². The number of ketones is 1. The Kier molecular flexibility index (Phi) is 6.16. The molecule has 5 nitrogen and oxygen atoms in total. The first-order chi connectivity index (χ1) is 9.43. The van der Waals surface area contributed by atoms with Crippen LogP contribution in [0, 0.1) is 6.92 Å². The summed E-state index contributed by atoms with van der Waals surface area (Å²) in [5, 5.41) is -1.54. The molecule has 2 unspecified atom stereocenters. The molecule has 0 spiro atoms. The average Bonchev–Trinajstić information content (AvgIpc) is 2.38. The summed E-state index contributed by atoms with van der Waals surface area (Å²) in [5.41, 5.74) is 0.785. The van der Waals surface area contributed by atoms with Crippen molar-refractivity contribution in [3.05, 3.63) is 29.3 Å². The molecule has 0 aromatic heterocycles. The summed E-state index contributed by atoms with van der Waals surface area (Å²) in [6.45, 7) is 3.34. The van der Waals surface area contributed by atoms with Crippen LogP contribution in [0.5, 0.6) is 5.75 Å². The summed E-state index contributed by atoms with van der Waals surface area (Å²) in [6, 6.07) is 4.82. The zero-order valence-corrected chi connectivity index (χ0v) is 12.9. The summed E-state index contributed by atoms with van der Waals surface area (Å²) in [7, 11) is 4.76. The van der Waals surface area contributed by atoms with E-state index in [9.17, 15) is 13.8 Å². The van der Waals surface area contributed by atoms with Gasteiger partial charge in [0.1, 0.15) is 15.8 Å². The molecule has 1 aromatic carbocycles. The van der Waals surface area contributed by atoms with Crippen molar-refractivity contribution in [3.8, 4) is 5.75 Å².